The molecule has 43 heavy (non-hydrogen) atoms. The number of halogens is 2. The summed E-state index contributed by atoms with van der Waals surface area (Å²) in [7, 11) is 4.03. The van der Waals surface area contributed by atoms with Gasteiger partial charge in [0.2, 0.25) is 0 Å². The molecule has 0 radical (unpaired) electrons. The zero-order valence-electron chi connectivity index (χ0n) is 24.0. The second-order valence-corrected chi connectivity index (χ2v) is 12.9. The zero-order chi connectivity index (χ0) is 30.0. The molecule has 3 N–H and O–H groups in total. The predicted octanol–water partition coefficient (Wildman–Crippen LogP) is 5.06. The van der Waals surface area contributed by atoms with E-state index in [1.807, 2.05) is 38.4 Å². The molecule has 3 fully saturated rings. The van der Waals surface area contributed by atoms with Crippen molar-refractivity contribution in [2.75, 3.05) is 38.7 Å². The molecule has 1 aromatic heterocycles. The predicted molar refractivity (Wildman–Crippen MR) is 164 cm³/mol. The van der Waals surface area contributed by atoms with Crippen molar-refractivity contribution in [3.8, 4) is 22.9 Å². The van der Waals surface area contributed by atoms with Crippen molar-refractivity contribution in [3.05, 3.63) is 53.3 Å². The number of ether oxygens (including phenoxy) is 1. The molecule has 2 saturated heterocycles. The third kappa shape index (κ3) is 5.01. The lowest BCUT2D eigenvalue weighted by molar-refractivity contribution is -0.139. The number of nitrogens with zero attached hydrogens (tertiary/aromatic N) is 4. The van der Waals surface area contributed by atoms with Gasteiger partial charge >= 0.3 is 12.0 Å². The summed E-state index contributed by atoms with van der Waals surface area (Å²) in [6.45, 7) is 1.60. The van der Waals surface area contributed by atoms with Crippen LogP contribution in [0.15, 0.2) is 42.5 Å². The number of rotatable bonds is 8. The van der Waals surface area contributed by atoms with Gasteiger partial charge < -0.3 is 30.1 Å². The molecule has 3 aliphatic rings. The minimum absolute atomic E-state index is 0.00418. The SMILES string of the molecule is CN(C)CC1(COc2nc(N3CC4CCC(N4)C3C(=O)O)c3cc(Cl)c(-c4cc(O)cc5ccccc45)c(F)c3n2)CC1. The highest BCUT2D eigenvalue weighted by molar-refractivity contribution is 6.35. The summed E-state index contributed by atoms with van der Waals surface area (Å²) in [5, 5.41) is 26.0. The van der Waals surface area contributed by atoms with Gasteiger partial charge in [-0.25, -0.2) is 9.18 Å². The number of phenolic OH excluding ortho intramolecular Hbond substituents is 1. The van der Waals surface area contributed by atoms with Crippen LogP contribution in [0.4, 0.5) is 10.2 Å². The molecule has 7 rings (SSSR count). The Balaban J connectivity index is 1.41. The summed E-state index contributed by atoms with van der Waals surface area (Å²) in [5.74, 6) is -1.40. The molecule has 3 unspecified atom stereocenters. The number of carboxylic acids is 1. The standard InChI is InChI=1S/C32H33ClFN5O4/c1-38(2)15-32(9-10-32)16-43-31-36-27-22(29(37-31)39-14-18-7-8-24(35-18)28(39)30(41)42)13-23(33)25(26(27)34)21-12-19(40)11-17-5-3-4-6-20(17)21/h3-6,11-13,18,24,28,35,40H,7-10,14-16H2,1-2H3,(H,41,42). The summed E-state index contributed by atoms with van der Waals surface area (Å²) in [4.78, 5) is 25.7. The number of carboxylic acid groups (broad SMARTS) is 1. The molecular weight excluding hydrogens is 573 g/mol. The van der Waals surface area contributed by atoms with Gasteiger partial charge in [0.25, 0.3) is 0 Å². The first kappa shape index (κ1) is 28.1. The number of aromatic hydroxyl groups is 1. The van der Waals surface area contributed by atoms with Crippen LogP contribution >= 0.6 is 11.6 Å². The van der Waals surface area contributed by atoms with Gasteiger partial charge in [-0.2, -0.15) is 9.97 Å². The maximum atomic E-state index is 16.8. The number of aliphatic carboxylic acids is 1. The molecule has 4 aromatic rings. The Kier molecular flexibility index (Phi) is 6.83. The molecule has 1 saturated carbocycles. The minimum Gasteiger partial charge on any atom is -0.508 e. The van der Waals surface area contributed by atoms with Gasteiger partial charge in [0.1, 0.15) is 23.1 Å². The molecule has 224 valence electrons. The number of hydrogen-bond acceptors (Lipinski definition) is 8. The Morgan fingerprint density at radius 1 is 1.19 bits per heavy atom. The van der Waals surface area contributed by atoms with Crippen molar-refractivity contribution >= 4 is 45.1 Å². The highest BCUT2D eigenvalue weighted by Gasteiger charge is 2.46. The number of nitrogens with one attached hydrogen (secondary N) is 1. The molecule has 3 heterocycles. The highest BCUT2D eigenvalue weighted by Crippen LogP contribution is 2.47. The lowest BCUT2D eigenvalue weighted by Gasteiger charge is -2.39. The van der Waals surface area contributed by atoms with Gasteiger partial charge in [-0.1, -0.05) is 35.9 Å². The molecule has 3 atom stereocenters. The first-order valence-electron chi connectivity index (χ1n) is 14.6. The Morgan fingerprint density at radius 3 is 2.72 bits per heavy atom. The molecule has 9 nitrogen and oxygen atoms in total. The fourth-order valence-electron chi connectivity index (χ4n) is 6.94. The Morgan fingerprint density at radius 2 is 1.98 bits per heavy atom. The second-order valence-electron chi connectivity index (χ2n) is 12.5. The topological polar surface area (TPSA) is 111 Å². The number of phenols is 1. The van der Waals surface area contributed by atoms with E-state index in [0.29, 0.717) is 24.1 Å². The van der Waals surface area contributed by atoms with Crippen LogP contribution in [-0.4, -0.2) is 83.0 Å². The van der Waals surface area contributed by atoms with E-state index in [4.69, 9.17) is 21.3 Å². The number of aromatic nitrogens is 2. The van der Waals surface area contributed by atoms with E-state index in [9.17, 15) is 15.0 Å². The van der Waals surface area contributed by atoms with Crippen LogP contribution in [0.25, 0.3) is 32.8 Å². The molecule has 2 aliphatic heterocycles. The molecule has 11 heteroatoms. The van der Waals surface area contributed by atoms with Crippen LogP contribution in [0.1, 0.15) is 25.7 Å². The van der Waals surface area contributed by atoms with Crippen LogP contribution in [0.2, 0.25) is 5.02 Å². The third-order valence-electron chi connectivity index (χ3n) is 9.01. The number of fused-ring (bicyclic) bond motifs is 4. The average molecular weight is 606 g/mol. The van der Waals surface area contributed by atoms with E-state index in [1.54, 1.807) is 17.0 Å². The van der Waals surface area contributed by atoms with Crippen molar-refractivity contribution in [2.24, 2.45) is 5.41 Å². The number of anilines is 1. The molecule has 2 bridgehead atoms. The fourth-order valence-corrected chi connectivity index (χ4v) is 7.23. The van der Waals surface area contributed by atoms with E-state index in [-0.39, 0.29) is 51.2 Å². The summed E-state index contributed by atoms with van der Waals surface area (Å²) in [5.41, 5.74) is 0.482. The van der Waals surface area contributed by atoms with Crippen LogP contribution in [0.5, 0.6) is 11.8 Å². The van der Waals surface area contributed by atoms with Gasteiger partial charge in [-0.15, -0.1) is 0 Å². The zero-order valence-corrected chi connectivity index (χ0v) is 24.7. The number of hydrogen-bond donors (Lipinski definition) is 3. The number of piperazine rings is 1. The summed E-state index contributed by atoms with van der Waals surface area (Å²) in [6.07, 6.45) is 3.58. The smallest absolute Gasteiger partial charge is 0.328 e. The molecule has 0 spiro atoms. The van der Waals surface area contributed by atoms with Gasteiger partial charge in [0, 0.05) is 41.5 Å². The van der Waals surface area contributed by atoms with Gasteiger partial charge in [-0.3, -0.25) is 0 Å². The summed E-state index contributed by atoms with van der Waals surface area (Å²) in [6, 6.07) is 11.0. The maximum absolute atomic E-state index is 16.8. The first-order chi connectivity index (χ1) is 20.6. The molecule has 0 amide bonds. The van der Waals surface area contributed by atoms with E-state index in [0.717, 1.165) is 43.0 Å². The average Bonchev–Trinajstić information content (AvgIpc) is 3.62. The summed E-state index contributed by atoms with van der Waals surface area (Å²) >= 11 is 6.83. The Bertz CT molecular complexity index is 1760. The van der Waals surface area contributed by atoms with Crippen molar-refractivity contribution in [1.82, 2.24) is 20.2 Å². The molecule has 3 aromatic carbocycles. The van der Waals surface area contributed by atoms with Crippen LogP contribution in [0, 0.1) is 11.2 Å². The van der Waals surface area contributed by atoms with Gasteiger partial charge in [0.15, 0.2) is 5.82 Å². The lowest BCUT2D eigenvalue weighted by Crippen LogP contribution is -2.61. The molecule has 1 aliphatic carbocycles. The van der Waals surface area contributed by atoms with Crippen LogP contribution in [-0.2, 0) is 4.79 Å². The second kappa shape index (κ2) is 10.5. The first-order valence-corrected chi connectivity index (χ1v) is 15.0. The minimum atomic E-state index is -0.982. The highest BCUT2D eigenvalue weighted by atomic mass is 35.5. The maximum Gasteiger partial charge on any atom is 0.328 e. The normalized spacial score (nSPS) is 22.4. The van der Waals surface area contributed by atoms with Crippen LogP contribution < -0.4 is 15.0 Å². The Labute approximate surface area is 253 Å². The largest absolute Gasteiger partial charge is 0.508 e. The van der Waals surface area contributed by atoms with Crippen molar-refractivity contribution in [1.29, 1.82) is 0 Å². The van der Waals surface area contributed by atoms with E-state index in [2.05, 4.69) is 15.2 Å². The van der Waals surface area contributed by atoms with Crippen molar-refractivity contribution in [2.45, 2.75) is 43.8 Å². The fraction of sp³-hybridized carbons (Fsp3) is 0.406. The third-order valence-corrected chi connectivity index (χ3v) is 9.31. The van der Waals surface area contributed by atoms with E-state index in [1.165, 1.54) is 6.07 Å². The monoisotopic (exact) mass is 605 g/mol. The van der Waals surface area contributed by atoms with Crippen LogP contribution in [0.3, 0.4) is 0 Å². The number of carbonyl (C=O) groups is 1. The van der Waals surface area contributed by atoms with Crippen molar-refractivity contribution < 1.29 is 24.1 Å². The van der Waals surface area contributed by atoms with E-state index < -0.39 is 17.8 Å². The van der Waals surface area contributed by atoms with Gasteiger partial charge in [-0.05, 0) is 74.3 Å². The quantitative estimate of drug-likeness (QED) is 0.254. The Hall–Kier alpha value is -3.73. The van der Waals surface area contributed by atoms with E-state index >= 15 is 4.39 Å². The van der Waals surface area contributed by atoms with Crippen molar-refractivity contribution in [3.63, 3.8) is 0 Å². The molecular formula is C32H33ClFN5O4. The lowest BCUT2D eigenvalue weighted by atomic mass is 9.96. The summed E-state index contributed by atoms with van der Waals surface area (Å²) < 4.78 is 23.0. The van der Waals surface area contributed by atoms with Gasteiger partial charge in [0.05, 0.1) is 11.6 Å². The number of benzene rings is 3.